The first-order chi connectivity index (χ1) is 4.74. The van der Waals surface area contributed by atoms with Crippen LogP contribution in [0, 0.1) is 5.82 Å². The van der Waals surface area contributed by atoms with Crippen molar-refractivity contribution in [2.45, 2.75) is 6.54 Å². The Morgan fingerprint density at radius 3 is 2.70 bits per heavy atom. The molecule has 0 saturated heterocycles. The largest absolute Gasteiger partial charge is 0.326 e. The first-order valence-corrected chi connectivity index (χ1v) is 2.89. The summed E-state index contributed by atoms with van der Waals surface area (Å²) in [6, 6.07) is 3.51. The van der Waals surface area contributed by atoms with Crippen LogP contribution in [-0.4, -0.2) is 0 Å². The lowest BCUT2D eigenvalue weighted by Gasteiger charge is -1.96. The van der Waals surface area contributed by atoms with E-state index in [9.17, 15) is 9.50 Å². The highest BCUT2D eigenvalue weighted by atomic mass is 19.1. The number of hydrogen-bond acceptors (Lipinski definition) is 1. The van der Waals surface area contributed by atoms with Crippen molar-refractivity contribution < 1.29 is 9.50 Å². The van der Waals surface area contributed by atoms with Gasteiger partial charge in [0, 0.05) is 12.1 Å². The van der Waals surface area contributed by atoms with Crippen LogP contribution < -0.4 is 5.73 Å². The van der Waals surface area contributed by atoms with E-state index >= 15 is 0 Å². The molecule has 1 radical (unpaired) electrons. The van der Waals surface area contributed by atoms with Crippen LogP contribution >= 0.6 is 0 Å². The van der Waals surface area contributed by atoms with Crippen molar-refractivity contribution in [3.8, 4) is 5.75 Å². The van der Waals surface area contributed by atoms with E-state index in [4.69, 9.17) is 5.73 Å². The van der Waals surface area contributed by atoms with Gasteiger partial charge in [-0.05, 0) is 18.2 Å². The molecule has 0 atom stereocenters. The van der Waals surface area contributed by atoms with Gasteiger partial charge in [-0.15, -0.1) is 0 Å². The molecule has 0 aliphatic heterocycles. The maximum absolute atomic E-state index is 12.6. The third kappa shape index (κ3) is 1.25. The summed E-state index contributed by atoms with van der Waals surface area (Å²) in [4.78, 5) is 0. The number of halogens is 1. The molecule has 1 aromatic carbocycles. The minimum absolute atomic E-state index is 0.0713. The van der Waals surface area contributed by atoms with E-state index in [1.807, 2.05) is 0 Å². The van der Waals surface area contributed by atoms with Crippen molar-refractivity contribution in [2.24, 2.45) is 5.73 Å². The van der Waals surface area contributed by atoms with Crippen LogP contribution in [0.2, 0.25) is 0 Å². The van der Waals surface area contributed by atoms with Crippen molar-refractivity contribution >= 4 is 0 Å². The van der Waals surface area contributed by atoms with E-state index in [2.05, 4.69) is 0 Å². The lowest BCUT2D eigenvalue weighted by atomic mass is 10.2. The Bertz CT molecular complexity index is 237. The molecule has 0 aliphatic rings. The summed E-state index contributed by atoms with van der Waals surface area (Å²) in [5, 5.41) is 10.6. The number of hydrogen-bond donors (Lipinski definition) is 1. The van der Waals surface area contributed by atoms with Crippen LogP contribution in [0.1, 0.15) is 5.56 Å². The van der Waals surface area contributed by atoms with Crippen LogP contribution in [0.5, 0.6) is 5.75 Å². The lowest BCUT2D eigenvalue weighted by molar-refractivity contribution is 0.353. The molecule has 0 fully saturated rings. The van der Waals surface area contributed by atoms with Crippen LogP contribution in [-0.2, 0) is 11.7 Å². The Balaban J connectivity index is 3.09. The first kappa shape index (κ1) is 7.02. The molecular formula is C7H7FNO. The van der Waals surface area contributed by atoms with Gasteiger partial charge in [0.05, 0.1) is 0 Å². The molecule has 0 aromatic heterocycles. The van der Waals surface area contributed by atoms with Crippen LogP contribution in [0.3, 0.4) is 0 Å². The smallest absolute Gasteiger partial charge is 0.179 e. The van der Waals surface area contributed by atoms with Gasteiger partial charge in [-0.3, -0.25) is 5.11 Å². The lowest BCUT2D eigenvalue weighted by Crippen LogP contribution is -1.98. The summed E-state index contributed by atoms with van der Waals surface area (Å²) in [5.74, 6) is -0.621. The predicted octanol–water partition coefficient (Wildman–Crippen LogP) is 1.43. The molecule has 0 aliphatic carbocycles. The van der Waals surface area contributed by atoms with Gasteiger partial charge in [0.15, 0.2) is 5.75 Å². The summed E-state index contributed by atoms with van der Waals surface area (Å²) in [5.41, 5.74) is 5.41. The highest BCUT2D eigenvalue weighted by molar-refractivity contribution is 5.28. The fourth-order valence-corrected chi connectivity index (χ4v) is 0.708. The van der Waals surface area contributed by atoms with Crippen molar-refractivity contribution in [2.75, 3.05) is 0 Å². The summed E-state index contributed by atoms with van der Waals surface area (Å²) in [6.45, 7) is 0.0713. The molecule has 0 amide bonds. The van der Waals surface area contributed by atoms with E-state index in [0.717, 1.165) is 6.07 Å². The van der Waals surface area contributed by atoms with E-state index in [1.165, 1.54) is 12.1 Å². The van der Waals surface area contributed by atoms with Gasteiger partial charge < -0.3 is 5.73 Å². The minimum atomic E-state index is -0.415. The molecule has 1 aromatic rings. The fourth-order valence-electron chi connectivity index (χ4n) is 0.708. The third-order valence-electron chi connectivity index (χ3n) is 1.24. The maximum atomic E-state index is 12.6. The summed E-state index contributed by atoms with van der Waals surface area (Å²) < 4.78 is 12.6. The summed E-state index contributed by atoms with van der Waals surface area (Å²) in [6.07, 6.45) is 0. The zero-order valence-corrected chi connectivity index (χ0v) is 5.30. The van der Waals surface area contributed by atoms with Crippen molar-refractivity contribution in [1.82, 2.24) is 0 Å². The van der Waals surface area contributed by atoms with Crippen LogP contribution in [0.4, 0.5) is 4.39 Å². The zero-order valence-electron chi connectivity index (χ0n) is 5.30. The number of benzene rings is 1. The van der Waals surface area contributed by atoms with Crippen molar-refractivity contribution in [3.05, 3.63) is 29.6 Å². The van der Waals surface area contributed by atoms with Gasteiger partial charge in [-0.25, -0.2) is 4.39 Å². The van der Waals surface area contributed by atoms with E-state index in [1.54, 1.807) is 0 Å². The second-order valence-corrected chi connectivity index (χ2v) is 1.96. The Hall–Kier alpha value is -1.09. The molecule has 2 nitrogen and oxygen atoms in total. The molecule has 0 unspecified atom stereocenters. The van der Waals surface area contributed by atoms with Gasteiger partial charge in [0.25, 0.3) is 0 Å². The molecule has 0 saturated carbocycles. The van der Waals surface area contributed by atoms with Gasteiger partial charge in [0.1, 0.15) is 5.82 Å². The molecular weight excluding hydrogens is 133 g/mol. The monoisotopic (exact) mass is 140 g/mol. The second kappa shape index (κ2) is 2.66. The fraction of sp³-hybridized carbons (Fsp3) is 0.143. The standard InChI is InChI=1S/C7H7FNO/c8-7-2-1-6(10)3-5(7)4-9/h1-3H,4,9H2. The number of rotatable bonds is 1. The van der Waals surface area contributed by atoms with Gasteiger partial charge >= 0.3 is 0 Å². The zero-order chi connectivity index (χ0) is 7.56. The molecule has 0 spiro atoms. The average Bonchev–Trinajstić information content (AvgIpc) is 1.94. The van der Waals surface area contributed by atoms with Gasteiger partial charge in [-0.2, -0.15) is 0 Å². The Labute approximate surface area is 58.1 Å². The molecule has 0 bridgehead atoms. The average molecular weight is 140 g/mol. The maximum Gasteiger partial charge on any atom is 0.179 e. The molecule has 0 heterocycles. The van der Waals surface area contributed by atoms with Gasteiger partial charge in [0.2, 0.25) is 0 Å². The normalized spacial score (nSPS) is 9.80. The Kier molecular flexibility index (Phi) is 1.87. The Morgan fingerprint density at radius 2 is 2.20 bits per heavy atom. The topological polar surface area (TPSA) is 45.9 Å². The van der Waals surface area contributed by atoms with E-state index in [-0.39, 0.29) is 17.9 Å². The second-order valence-electron chi connectivity index (χ2n) is 1.96. The summed E-state index contributed by atoms with van der Waals surface area (Å²) in [7, 11) is 0. The molecule has 2 N–H and O–H groups in total. The first-order valence-electron chi connectivity index (χ1n) is 2.89. The van der Waals surface area contributed by atoms with Crippen LogP contribution in [0.25, 0.3) is 0 Å². The molecule has 10 heavy (non-hydrogen) atoms. The minimum Gasteiger partial charge on any atom is -0.326 e. The molecule has 1 rings (SSSR count). The third-order valence-corrected chi connectivity index (χ3v) is 1.24. The summed E-state index contributed by atoms with van der Waals surface area (Å²) >= 11 is 0. The van der Waals surface area contributed by atoms with Gasteiger partial charge in [-0.1, -0.05) is 0 Å². The van der Waals surface area contributed by atoms with Crippen molar-refractivity contribution in [1.29, 1.82) is 0 Å². The quantitative estimate of drug-likeness (QED) is 0.630. The molecule has 3 heteroatoms. The highest BCUT2D eigenvalue weighted by Crippen LogP contribution is 2.14. The van der Waals surface area contributed by atoms with Crippen molar-refractivity contribution in [3.63, 3.8) is 0 Å². The van der Waals surface area contributed by atoms with E-state index < -0.39 is 5.82 Å². The number of nitrogens with two attached hydrogens (primary N) is 1. The predicted molar refractivity (Wildman–Crippen MR) is 34.4 cm³/mol. The molecule has 53 valence electrons. The Morgan fingerprint density at radius 1 is 1.50 bits per heavy atom. The SMILES string of the molecule is NCc1cc([O])ccc1F. The van der Waals surface area contributed by atoms with E-state index in [0.29, 0.717) is 0 Å². The van der Waals surface area contributed by atoms with Crippen LogP contribution in [0.15, 0.2) is 18.2 Å². The highest BCUT2D eigenvalue weighted by Gasteiger charge is 2.00.